The molecule has 0 fully saturated rings. The van der Waals surface area contributed by atoms with Crippen molar-refractivity contribution in [2.75, 3.05) is 10.6 Å². The molecule has 26 heavy (non-hydrogen) atoms. The highest BCUT2D eigenvalue weighted by Gasteiger charge is 2.35. The molecule has 4 rings (SSSR count). The van der Waals surface area contributed by atoms with Crippen molar-refractivity contribution in [3.63, 3.8) is 0 Å². The third kappa shape index (κ3) is 2.86. The highest BCUT2D eigenvalue weighted by molar-refractivity contribution is 6.02. The van der Waals surface area contributed by atoms with Crippen molar-refractivity contribution < 1.29 is 9.59 Å². The predicted octanol–water partition coefficient (Wildman–Crippen LogP) is 3.38. The highest BCUT2D eigenvalue weighted by atomic mass is 16.2. The Labute approximate surface area is 150 Å². The summed E-state index contributed by atoms with van der Waals surface area (Å²) in [5.41, 5.74) is 3.40. The minimum absolute atomic E-state index is 0.0308. The second-order valence-electron chi connectivity index (χ2n) is 6.26. The fraction of sp³-hybridized carbons (Fsp3) is 0.150. The average Bonchev–Trinajstić information content (AvgIpc) is 3.13. The average molecular weight is 346 g/mol. The topological polar surface area (TPSA) is 76.0 Å². The molecule has 1 atom stereocenters. The van der Waals surface area contributed by atoms with E-state index in [9.17, 15) is 9.59 Å². The second-order valence-corrected chi connectivity index (χ2v) is 6.26. The lowest BCUT2D eigenvalue weighted by molar-refractivity contribution is -0.123. The first kappa shape index (κ1) is 16.1. The molecular weight excluding hydrogens is 328 g/mol. The Morgan fingerprint density at radius 2 is 1.77 bits per heavy atom. The van der Waals surface area contributed by atoms with Gasteiger partial charge in [-0.05, 0) is 19.1 Å². The van der Waals surface area contributed by atoms with Crippen LogP contribution in [0.15, 0.2) is 60.7 Å². The predicted molar refractivity (Wildman–Crippen MR) is 99.8 cm³/mol. The molecule has 0 saturated heterocycles. The van der Waals surface area contributed by atoms with Gasteiger partial charge in [0.15, 0.2) is 0 Å². The monoisotopic (exact) mass is 346 g/mol. The van der Waals surface area contributed by atoms with Crippen LogP contribution in [0.3, 0.4) is 0 Å². The van der Waals surface area contributed by atoms with Crippen LogP contribution in [-0.4, -0.2) is 21.6 Å². The third-order valence-corrected chi connectivity index (χ3v) is 4.47. The summed E-state index contributed by atoms with van der Waals surface area (Å²) in [5, 5.41) is 10.3. The maximum absolute atomic E-state index is 12.4. The lowest BCUT2D eigenvalue weighted by Crippen LogP contribution is -2.23. The third-order valence-electron chi connectivity index (χ3n) is 4.47. The minimum Gasteiger partial charge on any atom is -0.326 e. The van der Waals surface area contributed by atoms with Gasteiger partial charge in [0.05, 0.1) is 12.1 Å². The fourth-order valence-electron chi connectivity index (χ4n) is 3.16. The van der Waals surface area contributed by atoms with Gasteiger partial charge < -0.3 is 10.6 Å². The quantitative estimate of drug-likeness (QED) is 0.760. The van der Waals surface area contributed by atoms with E-state index < -0.39 is 6.04 Å². The molecule has 1 aromatic heterocycles. The number of hydrogen-bond donors (Lipinski definition) is 2. The Balaban J connectivity index is 1.58. The smallest absolute Gasteiger partial charge is 0.251 e. The van der Waals surface area contributed by atoms with Crippen molar-refractivity contribution in [1.29, 1.82) is 0 Å². The van der Waals surface area contributed by atoms with Crippen LogP contribution < -0.4 is 10.6 Å². The van der Waals surface area contributed by atoms with Crippen LogP contribution in [0.2, 0.25) is 0 Å². The summed E-state index contributed by atoms with van der Waals surface area (Å²) < 4.78 is 1.63. The maximum atomic E-state index is 12.4. The van der Waals surface area contributed by atoms with Gasteiger partial charge in [-0.15, -0.1) is 0 Å². The van der Waals surface area contributed by atoms with Gasteiger partial charge in [-0.25, -0.2) is 4.68 Å². The van der Waals surface area contributed by atoms with Crippen LogP contribution in [0, 0.1) is 6.92 Å². The van der Waals surface area contributed by atoms with Crippen LogP contribution in [0.25, 0.3) is 11.3 Å². The van der Waals surface area contributed by atoms with E-state index in [1.165, 1.54) is 0 Å². The molecule has 1 aliphatic heterocycles. The number of aromatic nitrogens is 2. The summed E-state index contributed by atoms with van der Waals surface area (Å²) in [6, 6.07) is 18.3. The molecule has 2 aromatic carbocycles. The molecular formula is C20H18N4O2. The summed E-state index contributed by atoms with van der Waals surface area (Å²) in [5.74, 6) is 0.225. The molecule has 130 valence electrons. The molecule has 2 heterocycles. The molecule has 3 aromatic rings. The summed E-state index contributed by atoms with van der Waals surface area (Å²) in [7, 11) is 0. The number of hydrogen-bond acceptors (Lipinski definition) is 3. The number of nitrogens with one attached hydrogen (secondary N) is 2. The molecule has 2 amide bonds. The van der Waals surface area contributed by atoms with Gasteiger partial charge in [-0.2, -0.15) is 5.10 Å². The van der Waals surface area contributed by atoms with Crippen LogP contribution in [0.4, 0.5) is 11.5 Å². The van der Waals surface area contributed by atoms with Gasteiger partial charge in [0.25, 0.3) is 5.91 Å². The van der Waals surface area contributed by atoms with E-state index in [1.54, 1.807) is 4.68 Å². The molecule has 0 radical (unpaired) electrons. The number of nitrogens with zero attached hydrogens (tertiary/aromatic N) is 2. The largest absolute Gasteiger partial charge is 0.326 e. The zero-order valence-corrected chi connectivity index (χ0v) is 14.3. The molecule has 0 bridgehead atoms. The number of anilines is 2. The van der Waals surface area contributed by atoms with E-state index in [0.717, 1.165) is 16.8 Å². The first-order chi connectivity index (χ1) is 12.6. The van der Waals surface area contributed by atoms with Crippen molar-refractivity contribution in [2.24, 2.45) is 0 Å². The molecule has 2 N–H and O–H groups in total. The maximum Gasteiger partial charge on any atom is 0.251 e. The number of carbonyl (C=O) groups is 2. The molecule has 1 aliphatic rings. The number of para-hydroxylation sites is 1. The molecule has 6 heteroatoms. The normalized spacial score (nSPS) is 15.4. The Morgan fingerprint density at radius 1 is 1.12 bits per heavy atom. The zero-order chi connectivity index (χ0) is 18.1. The van der Waals surface area contributed by atoms with Crippen LogP contribution >= 0.6 is 0 Å². The summed E-state index contributed by atoms with van der Waals surface area (Å²) in [4.78, 5) is 24.7. The molecule has 1 unspecified atom stereocenters. The van der Waals surface area contributed by atoms with Gasteiger partial charge >= 0.3 is 0 Å². The number of carbonyl (C=O) groups excluding carboxylic acids is 2. The van der Waals surface area contributed by atoms with Gasteiger partial charge in [0.2, 0.25) is 5.91 Å². The van der Waals surface area contributed by atoms with Gasteiger partial charge in [0.1, 0.15) is 11.9 Å². The highest BCUT2D eigenvalue weighted by Crippen LogP contribution is 2.35. The summed E-state index contributed by atoms with van der Waals surface area (Å²) in [6.07, 6.45) is 0.0308. The van der Waals surface area contributed by atoms with E-state index in [2.05, 4.69) is 15.7 Å². The molecule has 0 saturated carbocycles. The van der Waals surface area contributed by atoms with Crippen molar-refractivity contribution >= 4 is 23.3 Å². The van der Waals surface area contributed by atoms with Crippen molar-refractivity contribution in [2.45, 2.75) is 19.4 Å². The van der Waals surface area contributed by atoms with E-state index in [-0.39, 0.29) is 18.2 Å². The Kier molecular flexibility index (Phi) is 4.01. The Bertz CT molecular complexity index is 964. The lowest BCUT2D eigenvalue weighted by Gasteiger charge is -2.10. The van der Waals surface area contributed by atoms with Gasteiger partial charge in [0, 0.05) is 16.8 Å². The standard InChI is InChI=1S/C20H18N4O2/c1-13-18(14-8-4-2-5-9-14)23-24-16(20(26)22-19(13)24)12-17(25)21-15-10-6-3-7-11-15/h2-11,16H,12H2,1H3,(H,21,25)(H,22,26). The SMILES string of the molecule is Cc1c(-c2ccccc2)nn2c1NC(=O)C2CC(=O)Nc1ccccc1. The van der Waals surface area contributed by atoms with Gasteiger partial charge in [-0.1, -0.05) is 48.5 Å². The van der Waals surface area contributed by atoms with E-state index in [1.807, 2.05) is 67.6 Å². The van der Waals surface area contributed by atoms with Gasteiger partial charge in [-0.3, -0.25) is 9.59 Å². The second kappa shape index (κ2) is 6.48. The zero-order valence-electron chi connectivity index (χ0n) is 14.3. The molecule has 6 nitrogen and oxygen atoms in total. The lowest BCUT2D eigenvalue weighted by atomic mass is 10.1. The van der Waals surface area contributed by atoms with Crippen LogP contribution in [0.1, 0.15) is 18.0 Å². The number of fused-ring (bicyclic) bond motifs is 1. The summed E-state index contributed by atoms with van der Waals surface area (Å²) >= 11 is 0. The fourth-order valence-corrected chi connectivity index (χ4v) is 3.16. The summed E-state index contributed by atoms with van der Waals surface area (Å²) in [6.45, 7) is 1.92. The van der Waals surface area contributed by atoms with Crippen LogP contribution in [0.5, 0.6) is 0 Å². The Hall–Kier alpha value is -3.41. The van der Waals surface area contributed by atoms with E-state index in [0.29, 0.717) is 11.5 Å². The number of rotatable bonds is 4. The minimum atomic E-state index is -0.648. The van der Waals surface area contributed by atoms with E-state index >= 15 is 0 Å². The first-order valence-corrected chi connectivity index (χ1v) is 8.44. The molecule has 0 spiro atoms. The Morgan fingerprint density at radius 3 is 2.46 bits per heavy atom. The molecule has 0 aliphatic carbocycles. The van der Waals surface area contributed by atoms with Crippen LogP contribution in [-0.2, 0) is 9.59 Å². The van der Waals surface area contributed by atoms with Crippen molar-refractivity contribution in [3.8, 4) is 11.3 Å². The van der Waals surface area contributed by atoms with E-state index in [4.69, 9.17) is 0 Å². The number of benzene rings is 2. The first-order valence-electron chi connectivity index (χ1n) is 8.44. The van der Waals surface area contributed by atoms with Crippen molar-refractivity contribution in [3.05, 3.63) is 66.2 Å². The van der Waals surface area contributed by atoms with Crippen molar-refractivity contribution in [1.82, 2.24) is 9.78 Å². The number of amides is 2.